The average Bonchev–Trinajstić information content (AvgIpc) is 2.33. The van der Waals surface area contributed by atoms with Gasteiger partial charge in [0.25, 0.3) is 0 Å². The van der Waals surface area contributed by atoms with Gasteiger partial charge in [-0.2, -0.15) is 0 Å². The Labute approximate surface area is 111 Å². The highest BCUT2D eigenvalue weighted by molar-refractivity contribution is 6.31. The molecule has 0 bridgehead atoms. The Morgan fingerprint density at radius 3 is 2.50 bits per heavy atom. The first-order valence-electron chi connectivity index (χ1n) is 5.50. The third-order valence-electron chi connectivity index (χ3n) is 2.31. The number of hydrogen-bond donors (Lipinski definition) is 3. The molecule has 0 aliphatic heterocycles. The van der Waals surface area contributed by atoms with E-state index in [1.807, 2.05) is 13.0 Å². The van der Waals surface area contributed by atoms with Crippen molar-refractivity contribution in [3.8, 4) is 0 Å². The fourth-order valence-electron chi connectivity index (χ4n) is 1.25. The van der Waals surface area contributed by atoms with Gasteiger partial charge in [0.2, 0.25) is 11.8 Å². The molecular weight excluding hydrogens is 254 g/mol. The summed E-state index contributed by atoms with van der Waals surface area (Å²) in [6.07, 6.45) is 0. The summed E-state index contributed by atoms with van der Waals surface area (Å²) in [4.78, 5) is 22.4. The smallest absolute Gasteiger partial charge is 0.238 e. The number of likely N-dealkylation sites (N-methyl/N-ethyl adjacent to an activating group) is 1. The second-order valence-electron chi connectivity index (χ2n) is 3.79. The van der Waals surface area contributed by atoms with E-state index in [2.05, 4.69) is 16.0 Å². The molecule has 0 aromatic heterocycles. The summed E-state index contributed by atoms with van der Waals surface area (Å²) >= 11 is 5.94. The number of hydrogen-bond acceptors (Lipinski definition) is 3. The molecule has 1 aromatic carbocycles. The Morgan fingerprint density at radius 1 is 1.22 bits per heavy atom. The van der Waals surface area contributed by atoms with Crippen LogP contribution in [0, 0.1) is 6.92 Å². The Hall–Kier alpha value is -1.59. The van der Waals surface area contributed by atoms with Crippen LogP contribution in [-0.2, 0) is 9.59 Å². The third kappa shape index (κ3) is 4.73. The first-order chi connectivity index (χ1) is 8.52. The van der Waals surface area contributed by atoms with Crippen LogP contribution in [0.2, 0.25) is 5.02 Å². The van der Waals surface area contributed by atoms with Crippen LogP contribution in [0.3, 0.4) is 0 Å². The molecule has 5 nitrogen and oxygen atoms in total. The molecule has 0 saturated carbocycles. The molecule has 3 N–H and O–H groups in total. The van der Waals surface area contributed by atoms with Gasteiger partial charge in [0.1, 0.15) is 0 Å². The van der Waals surface area contributed by atoms with Crippen LogP contribution in [0.4, 0.5) is 5.69 Å². The van der Waals surface area contributed by atoms with Crippen LogP contribution in [0.25, 0.3) is 0 Å². The summed E-state index contributed by atoms with van der Waals surface area (Å²) in [6.45, 7) is 2.07. The van der Waals surface area contributed by atoms with Crippen molar-refractivity contribution in [3.63, 3.8) is 0 Å². The topological polar surface area (TPSA) is 70.2 Å². The minimum atomic E-state index is -0.223. The van der Waals surface area contributed by atoms with Gasteiger partial charge in [-0.25, -0.2) is 0 Å². The van der Waals surface area contributed by atoms with Crippen molar-refractivity contribution in [2.45, 2.75) is 6.92 Å². The molecule has 2 amide bonds. The molecule has 0 saturated heterocycles. The zero-order valence-electron chi connectivity index (χ0n) is 10.3. The molecule has 98 valence electrons. The van der Waals surface area contributed by atoms with E-state index in [4.69, 9.17) is 11.6 Å². The van der Waals surface area contributed by atoms with Crippen molar-refractivity contribution in [1.82, 2.24) is 10.6 Å². The Morgan fingerprint density at radius 2 is 1.89 bits per heavy atom. The number of carbonyl (C=O) groups is 2. The predicted octanol–water partition coefficient (Wildman–Crippen LogP) is 0.923. The number of aryl methyl sites for hydroxylation is 1. The standard InChI is InChI=1S/C12H16ClN3O2/c1-8-3-4-9(5-10(8)13)16-12(18)7-15-6-11(17)14-2/h3-5,15H,6-7H2,1-2H3,(H,14,17)(H,16,18). The minimum absolute atomic E-state index is 0.0684. The quantitative estimate of drug-likeness (QED) is 0.745. The molecule has 1 aromatic rings. The van der Waals surface area contributed by atoms with Crippen LogP contribution >= 0.6 is 11.6 Å². The molecule has 0 unspecified atom stereocenters. The summed E-state index contributed by atoms with van der Waals surface area (Å²) < 4.78 is 0. The van der Waals surface area contributed by atoms with Gasteiger partial charge in [0.05, 0.1) is 13.1 Å². The number of anilines is 1. The molecule has 0 aliphatic rings. The Balaban J connectivity index is 2.40. The zero-order valence-corrected chi connectivity index (χ0v) is 11.1. The summed E-state index contributed by atoms with van der Waals surface area (Å²) in [6, 6.07) is 5.29. The number of nitrogens with one attached hydrogen (secondary N) is 3. The molecule has 0 aliphatic carbocycles. The van der Waals surface area contributed by atoms with E-state index < -0.39 is 0 Å². The fraction of sp³-hybridized carbons (Fsp3) is 0.333. The van der Waals surface area contributed by atoms with E-state index in [9.17, 15) is 9.59 Å². The lowest BCUT2D eigenvalue weighted by atomic mass is 10.2. The third-order valence-corrected chi connectivity index (χ3v) is 2.71. The van der Waals surface area contributed by atoms with Gasteiger partial charge in [0.15, 0.2) is 0 Å². The molecule has 18 heavy (non-hydrogen) atoms. The summed E-state index contributed by atoms with van der Waals surface area (Å²) in [5.74, 6) is -0.389. The van der Waals surface area contributed by atoms with Gasteiger partial charge in [-0.15, -0.1) is 0 Å². The monoisotopic (exact) mass is 269 g/mol. The van der Waals surface area contributed by atoms with Crippen LogP contribution in [0.1, 0.15) is 5.56 Å². The maximum Gasteiger partial charge on any atom is 0.238 e. The van der Waals surface area contributed by atoms with Crippen molar-refractivity contribution in [3.05, 3.63) is 28.8 Å². The number of carbonyl (C=O) groups excluding carboxylic acids is 2. The molecule has 0 radical (unpaired) electrons. The number of benzene rings is 1. The van der Waals surface area contributed by atoms with E-state index in [1.165, 1.54) is 0 Å². The van der Waals surface area contributed by atoms with E-state index in [-0.39, 0.29) is 24.9 Å². The molecule has 0 spiro atoms. The lowest BCUT2D eigenvalue weighted by Gasteiger charge is -2.07. The lowest BCUT2D eigenvalue weighted by molar-refractivity contribution is -0.119. The Bertz CT molecular complexity index is 449. The molecule has 1 rings (SSSR count). The van der Waals surface area contributed by atoms with Crippen LogP contribution in [-0.4, -0.2) is 32.0 Å². The fourth-order valence-corrected chi connectivity index (χ4v) is 1.43. The van der Waals surface area contributed by atoms with Gasteiger partial charge in [-0.1, -0.05) is 17.7 Å². The molecular formula is C12H16ClN3O2. The van der Waals surface area contributed by atoms with E-state index >= 15 is 0 Å². The van der Waals surface area contributed by atoms with Crippen molar-refractivity contribution >= 4 is 29.1 Å². The van der Waals surface area contributed by atoms with E-state index in [0.29, 0.717) is 10.7 Å². The molecule has 0 fully saturated rings. The largest absolute Gasteiger partial charge is 0.358 e. The van der Waals surface area contributed by atoms with Crippen molar-refractivity contribution in [2.75, 3.05) is 25.5 Å². The number of amides is 2. The SMILES string of the molecule is CNC(=O)CNCC(=O)Nc1ccc(C)c(Cl)c1. The summed E-state index contributed by atoms with van der Waals surface area (Å²) in [5, 5.41) is 8.46. The number of rotatable bonds is 5. The molecule has 0 heterocycles. The molecule has 6 heteroatoms. The van der Waals surface area contributed by atoms with Crippen molar-refractivity contribution in [1.29, 1.82) is 0 Å². The van der Waals surface area contributed by atoms with E-state index in [0.717, 1.165) is 5.56 Å². The van der Waals surface area contributed by atoms with Gasteiger partial charge < -0.3 is 10.6 Å². The van der Waals surface area contributed by atoms with Crippen LogP contribution in [0.15, 0.2) is 18.2 Å². The lowest BCUT2D eigenvalue weighted by Crippen LogP contribution is -2.36. The second-order valence-corrected chi connectivity index (χ2v) is 4.20. The highest BCUT2D eigenvalue weighted by Crippen LogP contribution is 2.19. The normalized spacial score (nSPS) is 9.94. The molecule has 0 atom stereocenters. The second kappa shape index (κ2) is 6.98. The minimum Gasteiger partial charge on any atom is -0.358 e. The number of halogens is 1. The first-order valence-corrected chi connectivity index (χ1v) is 5.88. The van der Waals surface area contributed by atoms with Gasteiger partial charge in [-0.05, 0) is 24.6 Å². The van der Waals surface area contributed by atoms with Gasteiger partial charge >= 0.3 is 0 Å². The van der Waals surface area contributed by atoms with Crippen molar-refractivity contribution < 1.29 is 9.59 Å². The highest BCUT2D eigenvalue weighted by atomic mass is 35.5. The van der Waals surface area contributed by atoms with Gasteiger partial charge in [-0.3, -0.25) is 14.9 Å². The highest BCUT2D eigenvalue weighted by Gasteiger charge is 2.04. The van der Waals surface area contributed by atoms with Crippen LogP contribution in [0.5, 0.6) is 0 Å². The summed E-state index contributed by atoms with van der Waals surface area (Å²) in [5.41, 5.74) is 1.59. The van der Waals surface area contributed by atoms with Gasteiger partial charge in [0, 0.05) is 17.8 Å². The Kier molecular flexibility index (Phi) is 5.61. The van der Waals surface area contributed by atoms with E-state index in [1.54, 1.807) is 19.2 Å². The van der Waals surface area contributed by atoms with Crippen molar-refractivity contribution in [2.24, 2.45) is 0 Å². The maximum atomic E-state index is 11.5. The predicted molar refractivity (Wildman–Crippen MR) is 71.8 cm³/mol. The summed E-state index contributed by atoms with van der Waals surface area (Å²) in [7, 11) is 1.54. The average molecular weight is 270 g/mol. The van der Waals surface area contributed by atoms with Crippen LogP contribution < -0.4 is 16.0 Å². The maximum absolute atomic E-state index is 11.5. The zero-order chi connectivity index (χ0) is 13.5. The first kappa shape index (κ1) is 14.5.